The summed E-state index contributed by atoms with van der Waals surface area (Å²) in [7, 11) is 0. The van der Waals surface area contributed by atoms with Crippen molar-refractivity contribution in [1.29, 1.82) is 0 Å². The second-order valence-corrected chi connectivity index (χ2v) is 17.8. The summed E-state index contributed by atoms with van der Waals surface area (Å²) >= 11 is 0. The monoisotopic (exact) mass is 648 g/mol. The smallest absolute Gasteiger partial charge is 0.338 e. The molecule has 1 N–H and O–H groups in total. The zero-order valence-corrected chi connectivity index (χ0v) is 29.6. The van der Waals surface area contributed by atoms with Crippen LogP contribution in [0.25, 0.3) is 0 Å². The van der Waals surface area contributed by atoms with Gasteiger partial charge in [0.15, 0.2) is 5.79 Å². The fraction of sp³-hybridized carbons (Fsp3) is 0.805. The summed E-state index contributed by atoms with van der Waals surface area (Å²) in [6.07, 6.45) is 13.2. The maximum Gasteiger partial charge on any atom is 0.338 e. The van der Waals surface area contributed by atoms with Crippen LogP contribution in [0.5, 0.6) is 0 Å². The number of carboxylic acid groups (broad SMARTS) is 1. The number of carbonyl (C=O) groups excluding carboxylic acids is 1. The van der Waals surface area contributed by atoms with Crippen molar-refractivity contribution in [3.63, 3.8) is 0 Å². The van der Waals surface area contributed by atoms with Crippen molar-refractivity contribution in [3.05, 3.63) is 35.9 Å². The highest BCUT2D eigenvalue weighted by Gasteiger charge is 2.68. The van der Waals surface area contributed by atoms with Crippen molar-refractivity contribution in [2.45, 2.75) is 124 Å². The Morgan fingerprint density at radius 2 is 1.62 bits per heavy atom. The summed E-state index contributed by atoms with van der Waals surface area (Å²) in [6.45, 7) is 13.2. The number of benzene rings is 1. The molecule has 7 rings (SSSR count). The molecule has 1 aromatic rings. The van der Waals surface area contributed by atoms with Crippen molar-refractivity contribution in [1.82, 2.24) is 0 Å². The maximum absolute atomic E-state index is 13.7. The summed E-state index contributed by atoms with van der Waals surface area (Å²) in [4.78, 5) is 25.2. The molecule has 1 heterocycles. The molecular formula is C41H60O6. The number of carboxylic acids is 1. The van der Waals surface area contributed by atoms with E-state index < -0.39 is 11.8 Å². The van der Waals surface area contributed by atoms with E-state index in [1.165, 1.54) is 44.9 Å². The predicted molar refractivity (Wildman–Crippen MR) is 181 cm³/mol. The molecule has 0 radical (unpaired) electrons. The van der Waals surface area contributed by atoms with Crippen molar-refractivity contribution in [3.8, 4) is 0 Å². The Hall–Kier alpha value is -1.92. The average molecular weight is 649 g/mol. The van der Waals surface area contributed by atoms with Crippen LogP contribution in [0.15, 0.2) is 30.3 Å². The molecule has 260 valence electrons. The third-order valence-electron chi connectivity index (χ3n) is 15.3. The van der Waals surface area contributed by atoms with Crippen LogP contribution in [0.1, 0.15) is 122 Å². The molecule has 47 heavy (non-hydrogen) atoms. The Morgan fingerprint density at radius 3 is 2.30 bits per heavy atom. The minimum Gasteiger partial charge on any atom is -0.481 e. The van der Waals surface area contributed by atoms with E-state index in [0.717, 1.165) is 38.0 Å². The van der Waals surface area contributed by atoms with Crippen LogP contribution >= 0.6 is 0 Å². The molecule has 1 aromatic carbocycles. The third-order valence-corrected chi connectivity index (χ3v) is 15.3. The van der Waals surface area contributed by atoms with Gasteiger partial charge in [-0.2, -0.15) is 0 Å². The van der Waals surface area contributed by atoms with E-state index in [1.807, 2.05) is 37.3 Å². The summed E-state index contributed by atoms with van der Waals surface area (Å²) < 4.78 is 19.9. The van der Waals surface area contributed by atoms with E-state index in [2.05, 4.69) is 27.7 Å². The van der Waals surface area contributed by atoms with E-state index in [0.29, 0.717) is 66.1 Å². The van der Waals surface area contributed by atoms with Gasteiger partial charge in [0.2, 0.25) is 0 Å². The quantitative estimate of drug-likeness (QED) is 0.269. The lowest BCUT2D eigenvalue weighted by Crippen LogP contribution is -2.64. The molecule has 11 atom stereocenters. The van der Waals surface area contributed by atoms with Crippen LogP contribution < -0.4 is 0 Å². The van der Waals surface area contributed by atoms with Gasteiger partial charge in [-0.1, -0.05) is 65.7 Å². The average Bonchev–Trinajstić information content (AvgIpc) is 3.65. The minimum atomic E-state index is -0.683. The fourth-order valence-electron chi connectivity index (χ4n) is 12.8. The van der Waals surface area contributed by atoms with E-state index >= 15 is 0 Å². The van der Waals surface area contributed by atoms with Crippen LogP contribution in [0.2, 0.25) is 0 Å². The number of rotatable bonds is 9. The van der Waals surface area contributed by atoms with Crippen LogP contribution in [-0.4, -0.2) is 42.1 Å². The molecule has 1 saturated heterocycles. The third kappa shape index (κ3) is 5.79. The van der Waals surface area contributed by atoms with Crippen molar-refractivity contribution < 1.29 is 28.9 Å². The Kier molecular flexibility index (Phi) is 9.11. The molecule has 6 fully saturated rings. The number of ether oxygens (including phenoxy) is 3. The van der Waals surface area contributed by atoms with Crippen LogP contribution in [0.4, 0.5) is 0 Å². The number of hydrogen-bond acceptors (Lipinski definition) is 5. The van der Waals surface area contributed by atoms with Crippen LogP contribution in [0.3, 0.4) is 0 Å². The van der Waals surface area contributed by atoms with Crippen LogP contribution in [-0.2, 0) is 19.0 Å². The second-order valence-electron chi connectivity index (χ2n) is 17.8. The first-order valence-corrected chi connectivity index (χ1v) is 19.2. The first-order chi connectivity index (χ1) is 22.4. The Labute approximate surface area is 283 Å². The van der Waals surface area contributed by atoms with Gasteiger partial charge in [-0.25, -0.2) is 4.79 Å². The van der Waals surface area contributed by atoms with E-state index in [1.54, 1.807) is 0 Å². The minimum absolute atomic E-state index is 0.0976. The van der Waals surface area contributed by atoms with Crippen molar-refractivity contribution in [2.24, 2.45) is 70.0 Å². The lowest BCUT2D eigenvalue weighted by Gasteiger charge is -2.66. The van der Waals surface area contributed by atoms with Gasteiger partial charge in [-0.05, 0) is 122 Å². The number of carbonyl (C=O) groups is 2. The predicted octanol–water partition coefficient (Wildman–Crippen LogP) is 9.02. The summed E-state index contributed by atoms with van der Waals surface area (Å²) in [5, 5.41) is 9.41. The van der Waals surface area contributed by atoms with Gasteiger partial charge in [-0.15, -0.1) is 0 Å². The van der Waals surface area contributed by atoms with Gasteiger partial charge in [0.05, 0.1) is 24.7 Å². The summed E-state index contributed by atoms with van der Waals surface area (Å²) in [5.74, 6) is 3.35. The summed E-state index contributed by atoms with van der Waals surface area (Å²) in [5.41, 5.74) is 1.05. The first kappa shape index (κ1) is 33.6. The molecule has 6 heteroatoms. The maximum atomic E-state index is 13.7. The molecule has 6 aliphatic rings. The lowest BCUT2D eigenvalue weighted by atomic mass is 9.41. The highest BCUT2D eigenvalue weighted by molar-refractivity contribution is 5.89. The van der Waals surface area contributed by atoms with E-state index in [9.17, 15) is 14.7 Å². The van der Waals surface area contributed by atoms with Gasteiger partial charge >= 0.3 is 11.9 Å². The lowest BCUT2D eigenvalue weighted by molar-refractivity contribution is -0.286. The second kappa shape index (κ2) is 12.8. The molecule has 0 amide bonds. The largest absolute Gasteiger partial charge is 0.481 e. The fourth-order valence-corrected chi connectivity index (χ4v) is 12.8. The topological polar surface area (TPSA) is 82.1 Å². The van der Waals surface area contributed by atoms with Crippen LogP contribution in [0, 0.1) is 70.0 Å². The van der Waals surface area contributed by atoms with Gasteiger partial charge < -0.3 is 19.3 Å². The highest BCUT2D eigenvalue weighted by Crippen LogP contribution is 2.71. The number of hydrogen-bond donors (Lipinski definition) is 1. The molecule has 0 aromatic heterocycles. The van der Waals surface area contributed by atoms with Crippen molar-refractivity contribution in [2.75, 3.05) is 13.2 Å². The zero-order chi connectivity index (χ0) is 33.1. The standard InChI is InChI=1S/C41H60O6/c1-25-20-29(21-25)34-24-40(5)30(23-41(34)45-18-19-46-41)22-35(47-38(44)28-12-7-6-8-13-28)36-32-15-14-31(39(32,4)17-16-33(36)40)26(2)10-9-11-27(3)37(42)43/h6-8,12-13,25-27,29-36H,9-11,14-24H2,1-5H3,(H,42,43)/t25-,26-,27?,29+,30+,31-,32?,33?,34?,35-,36?,39-,40+/m1/s1. The molecule has 1 aliphatic heterocycles. The first-order valence-electron chi connectivity index (χ1n) is 19.2. The normalized spacial score (nSPS) is 43.2. The van der Waals surface area contributed by atoms with E-state index in [4.69, 9.17) is 14.2 Å². The molecule has 0 bridgehead atoms. The SMILES string of the molecule is CC(CCC[C@@H](C)[C@H]1CCC2C3C(CC[C@@]21C)[C@@]1(C)CC([C@H]2C[C@@H](C)C2)C2(C[C@@H]1C[C@H]3OC(=O)c1ccccc1)OCCO2)C(=O)O. The number of esters is 1. The Bertz CT molecular complexity index is 1280. The number of fused-ring (bicyclic) bond motifs is 5. The van der Waals surface area contributed by atoms with Gasteiger partial charge in [0.25, 0.3) is 0 Å². The van der Waals surface area contributed by atoms with Gasteiger partial charge in [-0.3, -0.25) is 4.79 Å². The molecule has 1 spiro atoms. The van der Waals surface area contributed by atoms with Gasteiger partial charge in [0, 0.05) is 18.3 Å². The zero-order valence-electron chi connectivity index (χ0n) is 29.6. The highest BCUT2D eigenvalue weighted by atomic mass is 16.7. The molecule has 6 nitrogen and oxygen atoms in total. The Balaban J connectivity index is 1.18. The van der Waals surface area contributed by atoms with Gasteiger partial charge in [0.1, 0.15) is 6.10 Å². The molecule has 5 aliphatic carbocycles. The molecule has 5 saturated carbocycles. The van der Waals surface area contributed by atoms with E-state index in [-0.39, 0.29) is 28.8 Å². The van der Waals surface area contributed by atoms with Crippen molar-refractivity contribution >= 4 is 11.9 Å². The summed E-state index contributed by atoms with van der Waals surface area (Å²) in [6, 6.07) is 9.58. The molecular weight excluding hydrogens is 588 g/mol. The number of aliphatic carboxylic acids is 1. The molecule has 5 unspecified atom stereocenters. The Morgan fingerprint density at radius 1 is 0.915 bits per heavy atom.